The van der Waals surface area contributed by atoms with Gasteiger partial charge in [0.2, 0.25) is 5.91 Å². The second kappa shape index (κ2) is 3.89. The Labute approximate surface area is 77.3 Å². The van der Waals surface area contributed by atoms with Crippen LogP contribution in [0.5, 0.6) is 0 Å². The fraction of sp³-hybridized carbons (Fsp3) is 0.333. The van der Waals surface area contributed by atoms with E-state index in [4.69, 9.17) is 0 Å². The van der Waals surface area contributed by atoms with Gasteiger partial charge in [-0.3, -0.25) is 9.48 Å². The fourth-order valence-corrected chi connectivity index (χ4v) is 1.16. The Morgan fingerprint density at radius 2 is 2.54 bits per heavy atom. The van der Waals surface area contributed by atoms with Gasteiger partial charge in [0, 0.05) is 13.2 Å². The van der Waals surface area contributed by atoms with Crippen molar-refractivity contribution in [3.63, 3.8) is 0 Å². The zero-order chi connectivity index (χ0) is 9.84. The van der Waals surface area contributed by atoms with Crippen LogP contribution in [0.1, 0.15) is 18.7 Å². The Bertz CT molecular complexity index is 316. The topological polar surface area (TPSA) is 46.9 Å². The van der Waals surface area contributed by atoms with E-state index in [-0.39, 0.29) is 11.9 Å². The smallest absolute Gasteiger partial charge is 0.243 e. The molecule has 1 rings (SSSR count). The lowest BCUT2D eigenvalue weighted by Crippen LogP contribution is -2.26. The van der Waals surface area contributed by atoms with Crippen LogP contribution in [0.2, 0.25) is 0 Å². The molecule has 1 heterocycles. The van der Waals surface area contributed by atoms with E-state index in [0.29, 0.717) is 0 Å². The number of nitrogens with one attached hydrogen (secondary N) is 1. The molecule has 0 aliphatic heterocycles. The molecule has 4 nitrogen and oxygen atoms in total. The largest absolute Gasteiger partial charge is 0.344 e. The lowest BCUT2D eigenvalue weighted by atomic mass is 10.2. The molecule has 0 bridgehead atoms. The molecule has 0 aromatic carbocycles. The van der Waals surface area contributed by atoms with Crippen molar-refractivity contribution in [1.29, 1.82) is 0 Å². The molecule has 13 heavy (non-hydrogen) atoms. The van der Waals surface area contributed by atoms with E-state index in [1.165, 1.54) is 6.08 Å². The van der Waals surface area contributed by atoms with Gasteiger partial charge in [0.1, 0.15) is 0 Å². The molecule has 0 radical (unpaired) electrons. The van der Waals surface area contributed by atoms with Gasteiger partial charge >= 0.3 is 0 Å². The van der Waals surface area contributed by atoms with Gasteiger partial charge in [0.05, 0.1) is 11.7 Å². The molecule has 1 amide bonds. The van der Waals surface area contributed by atoms with Crippen molar-refractivity contribution in [3.8, 4) is 0 Å². The van der Waals surface area contributed by atoms with Crippen LogP contribution in [0.25, 0.3) is 0 Å². The SMILES string of the molecule is C=CC(=O)N[C@H](C)c1ccnn1C. The van der Waals surface area contributed by atoms with Gasteiger partial charge in [-0.2, -0.15) is 5.10 Å². The van der Waals surface area contributed by atoms with E-state index in [9.17, 15) is 4.79 Å². The number of carbonyl (C=O) groups excluding carboxylic acids is 1. The highest BCUT2D eigenvalue weighted by Gasteiger charge is 2.09. The van der Waals surface area contributed by atoms with E-state index in [0.717, 1.165) is 5.69 Å². The van der Waals surface area contributed by atoms with E-state index in [1.807, 2.05) is 20.0 Å². The molecule has 0 aliphatic rings. The predicted octanol–water partition coefficient (Wildman–Crippen LogP) is 0.783. The van der Waals surface area contributed by atoms with Gasteiger partial charge in [-0.15, -0.1) is 0 Å². The first kappa shape index (κ1) is 9.51. The number of carbonyl (C=O) groups is 1. The third kappa shape index (κ3) is 2.18. The van der Waals surface area contributed by atoms with Crippen molar-refractivity contribution < 1.29 is 4.79 Å². The summed E-state index contributed by atoms with van der Waals surface area (Å²) >= 11 is 0. The van der Waals surface area contributed by atoms with Crippen molar-refractivity contribution in [2.75, 3.05) is 0 Å². The summed E-state index contributed by atoms with van der Waals surface area (Å²) in [6, 6.07) is 1.83. The predicted molar refractivity (Wildman–Crippen MR) is 50.0 cm³/mol. The maximum atomic E-state index is 11.0. The minimum Gasteiger partial charge on any atom is -0.344 e. The Hall–Kier alpha value is -1.58. The molecule has 1 atom stereocenters. The third-order valence-electron chi connectivity index (χ3n) is 1.85. The Kier molecular flexibility index (Phi) is 2.84. The minimum atomic E-state index is -0.172. The first-order chi connectivity index (χ1) is 6.15. The number of aromatic nitrogens is 2. The summed E-state index contributed by atoms with van der Waals surface area (Å²) in [7, 11) is 1.84. The molecule has 0 fully saturated rings. The maximum Gasteiger partial charge on any atom is 0.243 e. The first-order valence-electron chi connectivity index (χ1n) is 4.06. The molecule has 0 spiro atoms. The first-order valence-corrected chi connectivity index (χ1v) is 4.06. The summed E-state index contributed by atoms with van der Waals surface area (Å²) in [5.74, 6) is -0.172. The average molecular weight is 179 g/mol. The van der Waals surface area contributed by atoms with Crippen LogP contribution in [0.4, 0.5) is 0 Å². The van der Waals surface area contributed by atoms with Crippen LogP contribution in [-0.2, 0) is 11.8 Å². The summed E-state index contributed by atoms with van der Waals surface area (Å²) < 4.78 is 1.73. The van der Waals surface area contributed by atoms with E-state index >= 15 is 0 Å². The van der Waals surface area contributed by atoms with Crippen LogP contribution in [-0.4, -0.2) is 15.7 Å². The van der Waals surface area contributed by atoms with E-state index in [2.05, 4.69) is 17.0 Å². The number of amides is 1. The molecule has 0 unspecified atom stereocenters. The average Bonchev–Trinajstić information content (AvgIpc) is 2.51. The van der Waals surface area contributed by atoms with Crippen LogP contribution >= 0.6 is 0 Å². The quantitative estimate of drug-likeness (QED) is 0.697. The zero-order valence-electron chi connectivity index (χ0n) is 7.82. The summed E-state index contributed by atoms with van der Waals surface area (Å²) in [5, 5.41) is 6.77. The number of hydrogen-bond donors (Lipinski definition) is 1. The van der Waals surface area contributed by atoms with Gasteiger partial charge in [-0.05, 0) is 19.1 Å². The molecule has 70 valence electrons. The standard InChI is InChI=1S/C9H13N3O/c1-4-9(13)11-7(2)8-5-6-10-12(8)3/h4-7H,1H2,2-3H3,(H,11,13)/t7-/m1/s1. The minimum absolute atomic E-state index is 0.0435. The van der Waals surface area contributed by atoms with Crippen LogP contribution in [0.3, 0.4) is 0 Å². The van der Waals surface area contributed by atoms with Gasteiger partial charge in [0.25, 0.3) is 0 Å². The molecule has 1 aromatic rings. The maximum absolute atomic E-state index is 11.0. The summed E-state index contributed by atoms with van der Waals surface area (Å²) in [4.78, 5) is 11.0. The van der Waals surface area contributed by atoms with Crippen LogP contribution in [0.15, 0.2) is 24.9 Å². The van der Waals surface area contributed by atoms with Gasteiger partial charge in [-0.25, -0.2) is 0 Å². The lowest BCUT2D eigenvalue weighted by Gasteiger charge is -2.12. The van der Waals surface area contributed by atoms with E-state index in [1.54, 1.807) is 10.9 Å². The summed E-state index contributed by atoms with van der Waals surface area (Å²) in [6.45, 7) is 5.28. The van der Waals surface area contributed by atoms with E-state index < -0.39 is 0 Å². The number of aryl methyl sites for hydroxylation is 1. The van der Waals surface area contributed by atoms with Crippen molar-refractivity contribution in [1.82, 2.24) is 15.1 Å². The normalized spacial score (nSPS) is 12.2. The van der Waals surface area contributed by atoms with Crippen molar-refractivity contribution in [3.05, 3.63) is 30.6 Å². The number of nitrogens with zero attached hydrogens (tertiary/aromatic N) is 2. The van der Waals surface area contributed by atoms with Crippen LogP contribution < -0.4 is 5.32 Å². The monoisotopic (exact) mass is 179 g/mol. The highest BCUT2D eigenvalue weighted by Crippen LogP contribution is 2.09. The lowest BCUT2D eigenvalue weighted by molar-refractivity contribution is -0.117. The van der Waals surface area contributed by atoms with Crippen molar-refractivity contribution in [2.24, 2.45) is 7.05 Å². The molecule has 4 heteroatoms. The number of hydrogen-bond acceptors (Lipinski definition) is 2. The summed E-state index contributed by atoms with van der Waals surface area (Å²) in [6.07, 6.45) is 2.96. The van der Waals surface area contributed by atoms with Gasteiger partial charge < -0.3 is 5.32 Å². The third-order valence-corrected chi connectivity index (χ3v) is 1.85. The molecule has 1 N–H and O–H groups in total. The van der Waals surface area contributed by atoms with Crippen LogP contribution in [0, 0.1) is 0 Å². The second-order valence-electron chi connectivity index (χ2n) is 2.81. The Morgan fingerprint density at radius 3 is 3.00 bits per heavy atom. The van der Waals surface area contributed by atoms with Crippen molar-refractivity contribution >= 4 is 5.91 Å². The van der Waals surface area contributed by atoms with Crippen molar-refractivity contribution in [2.45, 2.75) is 13.0 Å². The highest BCUT2D eigenvalue weighted by atomic mass is 16.1. The molecular formula is C9H13N3O. The van der Waals surface area contributed by atoms with Gasteiger partial charge in [-0.1, -0.05) is 6.58 Å². The summed E-state index contributed by atoms with van der Waals surface area (Å²) in [5.41, 5.74) is 0.968. The van der Waals surface area contributed by atoms with Gasteiger partial charge in [0.15, 0.2) is 0 Å². The fourth-order valence-electron chi connectivity index (χ4n) is 1.16. The number of rotatable bonds is 3. The molecule has 1 aromatic heterocycles. The second-order valence-corrected chi connectivity index (χ2v) is 2.81. The molecular weight excluding hydrogens is 166 g/mol. The zero-order valence-corrected chi connectivity index (χ0v) is 7.82. The molecule has 0 saturated heterocycles. The Morgan fingerprint density at radius 1 is 1.85 bits per heavy atom. The highest BCUT2D eigenvalue weighted by molar-refractivity contribution is 5.87. The molecule has 0 saturated carbocycles. The molecule has 0 aliphatic carbocycles. The Balaban J connectivity index is 2.68.